The second-order valence-corrected chi connectivity index (χ2v) is 6.73. The number of nitrogens with zero attached hydrogens (tertiary/aromatic N) is 2. The van der Waals surface area contributed by atoms with Crippen molar-refractivity contribution in [3.05, 3.63) is 17.7 Å². The predicted molar refractivity (Wildman–Crippen MR) is 86.5 cm³/mol. The number of imidazole rings is 1. The lowest BCUT2D eigenvalue weighted by Crippen LogP contribution is -2.51. The van der Waals surface area contributed by atoms with Crippen LogP contribution in [0.1, 0.15) is 64.3 Å². The lowest BCUT2D eigenvalue weighted by atomic mass is 9.90. The summed E-state index contributed by atoms with van der Waals surface area (Å²) in [5.74, 6) is 0. The molecular weight excluding hydrogens is 262 g/mol. The molecule has 4 heteroatoms. The molecule has 0 saturated heterocycles. The van der Waals surface area contributed by atoms with Gasteiger partial charge in [-0.1, -0.05) is 20.8 Å². The SMILES string of the molecule is CCC(CO)(CCCn1cnc2c1CCCC2)NC(C)C. The van der Waals surface area contributed by atoms with Crippen molar-refractivity contribution in [3.8, 4) is 0 Å². The van der Waals surface area contributed by atoms with Crippen LogP contribution in [0.15, 0.2) is 6.33 Å². The van der Waals surface area contributed by atoms with Crippen molar-refractivity contribution in [1.82, 2.24) is 14.9 Å². The van der Waals surface area contributed by atoms with Crippen LogP contribution in [0.4, 0.5) is 0 Å². The number of nitrogens with one attached hydrogen (secondary N) is 1. The molecule has 2 rings (SSSR count). The van der Waals surface area contributed by atoms with Crippen LogP contribution in [-0.4, -0.2) is 32.8 Å². The van der Waals surface area contributed by atoms with Crippen LogP contribution in [-0.2, 0) is 19.4 Å². The van der Waals surface area contributed by atoms with E-state index in [4.69, 9.17) is 0 Å². The third-order valence-corrected chi connectivity index (χ3v) is 4.74. The zero-order chi connectivity index (χ0) is 15.3. The first-order valence-corrected chi connectivity index (χ1v) is 8.51. The van der Waals surface area contributed by atoms with E-state index in [1.54, 1.807) is 0 Å². The summed E-state index contributed by atoms with van der Waals surface area (Å²) in [6.07, 6.45) is 9.96. The van der Waals surface area contributed by atoms with E-state index in [1.165, 1.54) is 30.7 Å². The first-order chi connectivity index (χ1) is 10.1. The van der Waals surface area contributed by atoms with E-state index >= 15 is 0 Å². The molecule has 1 aliphatic rings. The second-order valence-electron chi connectivity index (χ2n) is 6.73. The molecule has 1 unspecified atom stereocenters. The molecule has 0 fully saturated rings. The molecule has 1 aromatic heterocycles. The summed E-state index contributed by atoms with van der Waals surface area (Å²) in [5, 5.41) is 13.4. The van der Waals surface area contributed by atoms with E-state index in [1.807, 2.05) is 6.33 Å². The zero-order valence-corrected chi connectivity index (χ0v) is 13.9. The van der Waals surface area contributed by atoms with Gasteiger partial charge >= 0.3 is 0 Å². The molecule has 0 bridgehead atoms. The lowest BCUT2D eigenvalue weighted by molar-refractivity contribution is 0.134. The Bertz CT molecular complexity index is 435. The van der Waals surface area contributed by atoms with Crippen LogP contribution < -0.4 is 5.32 Å². The summed E-state index contributed by atoms with van der Waals surface area (Å²) in [4.78, 5) is 4.56. The average Bonchev–Trinajstić information content (AvgIpc) is 2.89. The summed E-state index contributed by atoms with van der Waals surface area (Å²) in [6, 6.07) is 0.401. The van der Waals surface area contributed by atoms with Crippen molar-refractivity contribution >= 4 is 0 Å². The van der Waals surface area contributed by atoms with Crippen LogP contribution in [0, 0.1) is 0 Å². The molecule has 21 heavy (non-hydrogen) atoms. The Morgan fingerprint density at radius 2 is 2.14 bits per heavy atom. The first kappa shape index (κ1) is 16.5. The molecule has 0 saturated carbocycles. The normalized spacial score (nSPS) is 17.8. The fraction of sp³-hybridized carbons (Fsp3) is 0.824. The van der Waals surface area contributed by atoms with Crippen molar-refractivity contribution in [2.45, 2.75) is 83.8 Å². The largest absolute Gasteiger partial charge is 0.394 e. The molecule has 0 aromatic carbocycles. The summed E-state index contributed by atoms with van der Waals surface area (Å²) < 4.78 is 2.33. The van der Waals surface area contributed by atoms with Crippen LogP contribution in [0.2, 0.25) is 0 Å². The van der Waals surface area contributed by atoms with Gasteiger partial charge in [0.05, 0.1) is 18.6 Å². The molecule has 0 amide bonds. The Morgan fingerprint density at radius 3 is 2.81 bits per heavy atom. The van der Waals surface area contributed by atoms with Gasteiger partial charge in [-0.25, -0.2) is 4.98 Å². The van der Waals surface area contributed by atoms with Gasteiger partial charge in [-0.05, 0) is 44.9 Å². The molecule has 2 N–H and O–H groups in total. The van der Waals surface area contributed by atoms with Crippen molar-refractivity contribution in [1.29, 1.82) is 0 Å². The van der Waals surface area contributed by atoms with Gasteiger partial charge in [0.1, 0.15) is 0 Å². The number of hydrogen-bond donors (Lipinski definition) is 2. The van der Waals surface area contributed by atoms with Crippen LogP contribution in [0.5, 0.6) is 0 Å². The van der Waals surface area contributed by atoms with E-state index in [9.17, 15) is 5.11 Å². The average molecular weight is 293 g/mol. The van der Waals surface area contributed by atoms with Crippen molar-refractivity contribution in [2.75, 3.05) is 6.61 Å². The third kappa shape index (κ3) is 4.07. The quantitative estimate of drug-likeness (QED) is 0.775. The molecule has 1 atom stereocenters. The maximum atomic E-state index is 9.79. The number of aryl methyl sites for hydroxylation is 2. The number of rotatable bonds is 8. The Labute approximate surface area is 129 Å². The number of aromatic nitrogens is 2. The number of aliphatic hydroxyl groups excluding tert-OH is 1. The number of fused-ring (bicyclic) bond motifs is 1. The minimum absolute atomic E-state index is 0.130. The lowest BCUT2D eigenvalue weighted by Gasteiger charge is -2.34. The molecule has 0 aliphatic heterocycles. The van der Waals surface area contributed by atoms with E-state index in [0.717, 1.165) is 32.2 Å². The number of hydrogen-bond acceptors (Lipinski definition) is 3. The second kappa shape index (κ2) is 7.41. The first-order valence-electron chi connectivity index (χ1n) is 8.51. The molecule has 1 aliphatic carbocycles. The highest BCUT2D eigenvalue weighted by atomic mass is 16.3. The Balaban J connectivity index is 1.91. The third-order valence-electron chi connectivity index (χ3n) is 4.74. The summed E-state index contributed by atoms with van der Waals surface area (Å²) in [5.41, 5.74) is 2.63. The van der Waals surface area contributed by atoms with Crippen LogP contribution in [0.25, 0.3) is 0 Å². The molecule has 4 nitrogen and oxygen atoms in total. The van der Waals surface area contributed by atoms with E-state index in [0.29, 0.717) is 6.04 Å². The van der Waals surface area contributed by atoms with E-state index in [-0.39, 0.29) is 12.1 Å². The van der Waals surface area contributed by atoms with Crippen molar-refractivity contribution < 1.29 is 5.11 Å². The van der Waals surface area contributed by atoms with Crippen molar-refractivity contribution in [3.63, 3.8) is 0 Å². The van der Waals surface area contributed by atoms with Crippen LogP contribution in [0.3, 0.4) is 0 Å². The molecule has 0 radical (unpaired) electrons. The van der Waals surface area contributed by atoms with Gasteiger partial charge in [-0.2, -0.15) is 0 Å². The Morgan fingerprint density at radius 1 is 1.38 bits per heavy atom. The highest BCUT2D eigenvalue weighted by Gasteiger charge is 2.27. The maximum absolute atomic E-state index is 9.79. The maximum Gasteiger partial charge on any atom is 0.0951 e. The smallest absolute Gasteiger partial charge is 0.0951 e. The number of aliphatic hydroxyl groups is 1. The fourth-order valence-corrected chi connectivity index (χ4v) is 3.51. The molecule has 120 valence electrons. The zero-order valence-electron chi connectivity index (χ0n) is 13.9. The monoisotopic (exact) mass is 293 g/mol. The van der Waals surface area contributed by atoms with Gasteiger partial charge in [-0.3, -0.25) is 0 Å². The summed E-state index contributed by atoms with van der Waals surface area (Å²) >= 11 is 0. The van der Waals surface area contributed by atoms with E-state index in [2.05, 4.69) is 35.6 Å². The summed E-state index contributed by atoms with van der Waals surface area (Å²) in [7, 11) is 0. The minimum atomic E-state index is -0.130. The predicted octanol–water partition coefficient (Wildman–Crippen LogP) is 2.68. The van der Waals surface area contributed by atoms with Gasteiger partial charge in [0, 0.05) is 23.8 Å². The highest BCUT2D eigenvalue weighted by molar-refractivity contribution is 5.16. The Hall–Kier alpha value is -0.870. The standard InChI is InChI=1S/C17H31N3O/c1-4-17(12-21,19-14(2)3)10-7-11-20-13-18-15-8-5-6-9-16(15)20/h13-14,19,21H,4-12H2,1-3H3. The van der Waals surface area contributed by atoms with Gasteiger partial charge in [-0.15, -0.1) is 0 Å². The van der Waals surface area contributed by atoms with Crippen molar-refractivity contribution in [2.24, 2.45) is 0 Å². The van der Waals surface area contributed by atoms with Crippen LogP contribution >= 0.6 is 0 Å². The molecular formula is C17H31N3O. The van der Waals surface area contributed by atoms with Gasteiger partial charge in [0.2, 0.25) is 0 Å². The minimum Gasteiger partial charge on any atom is -0.394 e. The molecule has 0 spiro atoms. The Kier molecular flexibility index (Phi) is 5.82. The van der Waals surface area contributed by atoms with Gasteiger partial charge in [0.15, 0.2) is 0 Å². The molecule has 1 heterocycles. The molecule has 1 aromatic rings. The van der Waals surface area contributed by atoms with Gasteiger partial charge in [0.25, 0.3) is 0 Å². The topological polar surface area (TPSA) is 50.1 Å². The summed E-state index contributed by atoms with van der Waals surface area (Å²) in [6.45, 7) is 7.68. The highest BCUT2D eigenvalue weighted by Crippen LogP contribution is 2.22. The van der Waals surface area contributed by atoms with E-state index < -0.39 is 0 Å². The van der Waals surface area contributed by atoms with Gasteiger partial charge < -0.3 is 15.0 Å². The fourth-order valence-electron chi connectivity index (χ4n) is 3.51.